The molecule has 1 N–H and O–H groups in total. The van der Waals surface area contributed by atoms with Crippen molar-refractivity contribution in [3.05, 3.63) is 42.9 Å². The van der Waals surface area contributed by atoms with E-state index in [2.05, 4.69) is 30.1 Å². The Kier molecular flexibility index (Phi) is 2.28. The van der Waals surface area contributed by atoms with Crippen LogP contribution in [-0.4, -0.2) is 30.1 Å². The van der Waals surface area contributed by atoms with Gasteiger partial charge < -0.3 is 9.51 Å². The van der Waals surface area contributed by atoms with Gasteiger partial charge in [0.25, 0.3) is 5.89 Å². The Labute approximate surface area is 112 Å². The summed E-state index contributed by atoms with van der Waals surface area (Å²) >= 11 is 0. The molecule has 0 fully saturated rings. The fraction of sp³-hybridized carbons (Fsp3) is 0. The van der Waals surface area contributed by atoms with Gasteiger partial charge in [0, 0.05) is 12.4 Å². The van der Waals surface area contributed by atoms with Crippen molar-refractivity contribution in [2.24, 2.45) is 0 Å². The van der Waals surface area contributed by atoms with E-state index in [1.54, 1.807) is 18.6 Å². The summed E-state index contributed by atoms with van der Waals surface area (Å²) in [7, 11) is 0. The monoisotopic (exact) mass is 264 g/mol. The molecule has 0 aliphatic rings. The molecule has 0 saturated heterocycles. The first-order valence-electron chi connectivity index (χ1n) is 5.95. The summed E-state index contributed by atoms with van der Waals surface area (Å²) in [6.07, 6.45) is 4.74. The molecule has 1 aromatic carbocycles. The van der Waals surface area contributed by atoms with Gasteiger partial charge >= 0.3 is 0 Å². The largest absolute Gasteiger partial charge is 0.334 e. The van der Waals surface area contributed by atoms with Crippen LogP contribution in [0.5, 0.6) is 0 Å². The number of hydrogen-bond acceptors (Lipinski definition) is 6. The topological polar surface area (TPSA) is 93.4 Å². The summed E-state index contributed by atoms with van der Waals surface area (Å²) in [4.78, 5) is 19.9. The van der Waals surface area contributed by atoms with Crippen LogP contribution >= 0.6 is 0 Å². The van der Waals surface area contributed by atoms with E-state index in [0.717, 1.165) is 11.0 Å². The molecule has 7 heteroatoms. The van der Waals surface area contributed by atoms with Crippen LogP contribution in [0.1, 0.15) is 0 Å². The Morgan fingerprint density at radius 1 is 1.05 bits per heavy atom. The number of fused-ring (bicyclic) bond motifs is 1. The first kappa shape index (κ1) is 10.8. The highest BCUT2D eigenvalue weighted by Crippen LogP contribution is 2.21. The van der Waals surface area contributed by atoms with Gasteiger partial charge in [0.15, 0.2) is 5.82 Å². The third-order valence-corrected chi connectivity index (χ3v) is 2.81. The van der Waals surface area contributed by atoms with Gasteiger partial charge in [0.1, 0.15) is 5.69 Å². The van der Waals surface area contributed by atoms with Crippen molar-refractivity contribution in [1.82, 2.24) is 30.1 Å². The van der Waals surface area contributed by atoms with Crippen molar-refractivity contribution in [3.8, 4) is 23.2 Å². The molecule has 20 heavy (non-hydrogen) atoms. The highest BCUT2D eigenvalue weighted by atomic mass is 16.5. The number of nitrogens with one attached hydrogen (secondary N) is 1. The van der Waals surface area contributed by atoms with E-state index in [1.807, 2.05) is 24.3 Å². The smallest absolute Gasteiger partial charge is 0.294 e. The highest BCUT2D eigenvalue weighted by molar-refractivity contribution is 5.77. The van der Waals surface area contributed by atoms with Crippen LogP contribution in [0.15, 0.2) is 47.4 Å². The normalized spacial score (nSPS) is 11.0. The van der Waals surface area contributed by atoms with Crippen LogP contribution in [-0.2, 0) is 0 Å². The first-order valence-corrected chi connectivity index (χ1v) is 5.95. The first-order chi connectivity index (χ1) is 9.90. The van der Waals surface area contributed by atoms with E-state index in [4.69, 9.17) is 4.52 Å². The summed E-state index contributed by atoms with van der Waals surface area (Å²) in [6, 6.07) is 7.70. The maximum absolute atomic E-state index is 5.21. The maximum Gasteiger partial charge on any atom is 0.294 e. The molecule has 96 valence electrons. The zero-order valence-corrected chi connectivity index (χ0v) is 10.2. The third kappa shape index (κ3) is 1.72. The van der Waals surface area contributed by atoms with Gasteiger partial charge in [-0.05, 0) is 12.1 Å². The van der Waals surface area contributed by atoms with E-state index in [9.17, 15) is 0 Å². The van der Waals surface area contributed by atoms with E-state index >= 15 is 0 Å². The second-order valence-corrected chi connectivity index (χ2v) is 4.12. The predicted molar refractivity (Wildman–Crippen MR) is 70.4 cm³/mol. The Morgan fingerprint density at radius 2 is 2.00 bits per heavy atom. The SMILES string of the molecule is c1ccc2[nH]c(-c3nc(-c4cnccn4)no3)nc2c1. The molecule has 3 aromatic heterocycles. The number of imidazole rings is 1. The zero-order chi connectivity index (χ0) is 13.4. The lowest BCUT2D eigenvalue weighted by Crippen LogP contribution is -1.86. The zero-order valence-electron chi connectivity index (χ0n) is 10.2. The molecule has 4 rings (SSSR count). The van der Waals surface area contributed by atoms with Crippen LogP contribution in [0.2, 0.25) is 0 Å². The summed E-state index contributed by atoms with van der Waals surface area (Å²) in [5.41, 5.74) is 2.32. The van der Waals surface area contributed by atoms with E-state index in [0.29, 0.717) is 23.2 Å². The quantitative estimate of drug-likeness (QED) is 0.595. The molecule has 0 radical (unpaired) electrons. The van der Waals surface area contributed by atoms with E-state index in [1.165, 1.54) is 0 Å². The van der Waals surface area contributed by atoms with Gasteiger partial charge in [0.05, 0.1) is 17.2 Å². The van der Waals surface area contributed by atoms with Crippen LogP contribution < -0.4 is 0 Å². The molecule has 0 atom stereocenters. The van der Waals surface area contributed by atoms with Crippen molar-refractivity contribution in [2.75, 3.05) is 0 Å². The minimum atomic E-state index is 0.321. The minimum absolute atomic E-state index is 0.321. The van der Waals surface area contributed by atoms with Crippen LogP contribution in [0.3, 0.4) is 0 Å². The molecule has 4 aromatic rings. The molecule has 7 nitrogen and oxygen atoms in total. The fourth-order valence-electron chi connectivity index (χ4n) is 1.89. The Balaban J connectivity index is 1.78. The molecule has 0 aliphatic heterocycles. The standard InChI is InChI=1S/C13H8N6O/c1-2-4-9-8(3-1)16-12(17-9)13-18-11(19-20-13)10-7-14-5-6-15-10/h1-7H,(H,16,17). The lowest BCUT2D eigenvalue weighted by molar-refractivity contribution is 0.429. The Hall–Kier alpha value is -3.09. The predicted octanol–water partition coefficient (Wildman–Crippen LogP) is 2.07. The maximum atomic E-state index is 5.21. The number of nitrogens with zero attached hydrogens (tertiary/aromatic N) is 5. The van der Waals surface area contributed by atoms with Gasteiger partial charge in [-0.2, -0.15) is 4.98 Å². The fourth-order valence-corrected chi connectivity index (χ4v) is 1.89. The molecule has 3 heterocycles. The van der Waals surface area contributed by atoms with Crippen molar-refractivity contribution < 1.29 is 4.52 Å². The van der Waals surface area contributed by atoms with Crippen molar-refractivity contribution in [1.29, 1.82) is 0 Å². The van der Waals surface area contributed by atoms with Crippen molar-refractivity contribution in [2.45, 2.75) is 0 Å². The number of rotatable bonds is 2. The lowest BCUT2D eigenvalue weighted by Gasteiger charge is -1.88. The molecule has 0 aliphatic carbocycles. The van der Waals surface area contributed by atoms with Gasteiger partial charge in [-0.3, -0.25) is 4.98 Å². The number of H-pyrrole nitrogens is 1. The molecular formula is C13H8N6O. The average Bonchev–Trinajstić information content (AvgIpc) is 3.14. The number of hydrogen-bond donors (Lipinski definition) is 1. The molecule has 0 spiro atoms. The van der Waals surface area contributed by atoms with E-state index in [-0.39, 0.29) is 0 Å². The lowest BCUT2D eigenvalue weighted by atomic mass is 10.3. The number of benzene rings is 1. The van der Waals surface area contributed by atoms with Gasteiger partial charge in [0.2, 0.25) is 5.82 Å². The summed E-state index contributed by atoms with van der Waals surface area (Å²) < 4.78 is 5.21. The number of aromatic nitrogens is 6. The molecule has 0 amide bonds. The molecular weight excluding hydrogens is 256 g/mol. The van der Waals surface area contributed by atoms with Crippen LogP contribution in [0, 0.1) is 0 Å². The summed E-state index contributed by atoms with van der Waals surface area (Å²) in [6.45, 7) is 0. The summed E-state index contributed by atoms with van der Waals surface area (Å²) in [5, 5.41) is 3.88. The van der Waals surface area contributed by atoms with E-state index < -0.39 is 0 Å². The second-order valence-electron chi connectivity index (χ2n) is 4.12. The highest BCUT2D eigenvalue weighted by Gasteiger charge is 2.14. The number of para-hydroxylation sites is 2. The second kappa shape index (κ2) is 4.23. The third-order valence-electron chi connectivity index (χ3n) is 2.81. The van der Waals surface area contributed by atoms with Crippen molar-refractivity contribution >= 4 is 11.0 Å². The van der Waals surface area contributed by atoms with Gasteiger partial charge in [-0.25, -0.2) is 9.97 Å². The summed E-state index contributed by atoms with van der Waals surface area (Å²) in [5.74, 6) is 1.24. The van der Waals surface area contributed by atoms with Crippen molar-refractivity contribution in [3.63, 3.8) is 0 Å². The Morgan fingerprint density at radius 3 is 2.85 bits per heavy atom. The molecule has 0 bridgehead atoms. The average molecular weight is 264 g/mol. The number of aromatic amines is 1. The van der Waals surface area contributed by atoms with Gasteiger partial charge in [-0.15, -0.1) is 0 Å². The van der Waals surface area contributed by atoms with Crippen LogP contribution in [0.25, 0.3) is 34.3 Å². The van der Waals surface area contributed by atoms with Gasteiger partial charge in [-0.1, -0.05) is 17.3 Å². The minimum Gasteiger partial charge on any atom is -0.334 e. The van der Waals surface area contributed by atoms with Crippen LogP contribution in [0.4, 0.5) is 0 Å². The Bertz CT molecular complexity index is 834. The molecule has 0 unspecified atom stereocenters. The molecule has 0 saturated carbocycles.